The van der Waals surface area contributed by atoms with E-state index < -0.39 is 6.09 Å². The molecule has 0 spiro atoms. The van der Waals surface area contributed by atoms with Gasteiger partial charge in [-0.3, -0.25) is 0 Å². The number of ether oxygens (including phenoxy) is 2. The van der Waals surface area contributed by atoms with E-state index in [0.717, 1.165) is 12.2 Å². The highest BCUT2D eigenvalue weighted by Gasteiger charge is 2.10. The highest BCUT2D eigenvalue weighted by Crippen LogP contribution is 2.25. The molecule has 1 aromatic carbocycles. The molecular formula is C13H17NO3. The van der Waals surface area contributed by atoms with Crippen LogP contribution in [0, 0.1) is 0 Å². The normalized spacial score (nSPS) is 13.0. The minimum Gasteiger partial charge on any atom is -0.492 e. The molecular weight excluding hydrogens is 218 g/mol. The molecule has 0 saturated carbocycles. The van der Waals surface area contributed by atoms with Crippen LogP contribution in [0.2, 0.25) is 0 Å². The highest BCUT2D eigenvalue weighted by atomic mass is 16.5. The van der Waals surface area contributed by atoms with Crippen LogP contribution in [0.1, 0.15) is 17.5 Å². The minimum atomic E-state index is -0.428. The van der Waals surface area contributed by atoms with Crippen LogP contribution in [-0.2, 0) is 17.6 Å². The fraction of sp³-hybridized carbons (Fsp3) is 0.462. The van der Waals surface area contributed by atoms with Crippen molar-refractivity contribution in [2.24, 2.45) is 0 Å². The number of benzene rings is 1. The molecule has 0 radical (unpaired) electrons. The minimum absolute atomic E-state index is 0.428. The van der Waals surface area contributed by atoms with Gasteiger partial charge in [0.1, 0.15) is 12.4 Å². The van der Waals surface area contributed by atoms with Crippen molar-refractivity contribution in [3.8, 4) is 5.75 Å². The number of aryl methyl sites for hydroxylation is 2. The Hall–Kier alpha value is -1.71. The van der Waals surface area contributed by atoms with Crippen molar-refractivity contribution in [1.29, 1.82) is 0 Å². The summed E-state index contributed by atoms with van der Waals surface area (Å²) in [6, 6.07) is 6.22. The summed E-state index contributed by atoms with van der Waals surface area (Å²) in [6.45, 7) is 0.900. The molecule has 0 fully saturated rings. The molecule has 1 amide bonds. The summed E-state index contributed by atoms with van der Waals surface area (Å²) >= 11 is 0. The van der Waals surface area contributed by atoms with Gasteiger partial charge in [0.2, 0.25) is 0 Å². The molecule has 1 aromatic rings. The Kier molecular flexibility index (Phi) is 3.85. The number of hydrogen-bond donors (Lipinski definition) is 1. The van der Waals surface area contributed by atoms with Gasteiger partial charge in [0.25, 0.3) is 0 Å². The summed E-state index contributed by atoms with van der Waals surface area (Å²) in [7, 11) is 1.34. The van der Waals surface area contributed by atoms with Crippen molar-refractivity contribution >= 4 is 6.09 Å². The largest absolute Gasteiger partial charge is 0.492 e. The first-order chi connectivity index (χ1) is 8.29. The van der Waals surface area contributed by atoms with E-state index in [-0.39, 0.29) is 0 Å². The molecule has 17 heavy (non-hydrogen) atoms. The molecule has 0 atom stereocenters. The van der Waals surface area contributed by atoms with Gasteiger partial charge >= 0.3 is 6.09 Å². The van der Waals surface area contributed by atoms with E-state index in [1.165, 1.54) is 31.1 Å². The lowest BCUT2D eigenvalue weighted by atomic mass is 10.1. The zero-order valence-corrected chi connectivity index (χ0v) is 9.99. The number of hydrogen-bond acceptors (Lipinski definition) is 3. The first-order valence-corrected chi connectivity index (χ1v) is 5.86. The first-order valence-electron chi connectivity index (χ1n) is 5.86. The third kappa shape index (κ3) is 3.12. The highest BCUT2D eigenvalue weighted by molar-refractivity contribution is 5.66. The Morgan fingerprint density at radius 1 is 1.35 bits per heavy atom. The number of rotatable bonds is 4. The van der Waals surface area contributed by atoms with E-state index in [0.29, 0.717) is 13.2 Å². The Morgan fingerprint density at radius 2 is 2.18 bits per heavy atom. The molecule has 4 heteroatoms. The average Bonchev–Trinajstić information content (AvgIpc) is 2.81. The Morgan fingerprint density at radius 3 is 3.00 bits per heavy atom. The topological polar surface area (TPSA) is 47.6 Å². The number of carbonyl (C=O) groups excluding carboxylic acids is 1. The molecule has 4 nitrogen and oxygen atoms in total. The summed E-state index contributed by atoms with van der Waals surface area (Å²) in [4.78, 5) is 10.8. The van der Waals surface area contributed by atoms with Gasteiger partial charge < -0.3 is 14.8 Å². The van der Waals surface area contributed by atoms with Gasteiger partial charge in [0, 0.05) is 0 Å². The van der Waals surface area contributed by atoms with Gasteiger partial charge in [-0.05, 0) is 42.5 Å². The van der Waals surface area contributed by atoms with E-state index in [1.54, 1.807) is 0 Å². The van der Waals surface area contributed by atoms with Crippen molar-refractivity contribution < 1.29 is 14.3 Å². The van der Waals surface area contributed by atoms with Crippen LogP contribution in [0.15, 0.2) is 18.2 Å². The Labute approximate surface area is 101 Å². The molecule has 0 saturated heterocycles. The average molecular weight is 235 g/mol. The third-order valence-corrected chi connectivity index (χ3v) is 2.90. The zero-order chi connectivity index (χ0) is 12.1. The van der Waals surface area contributed by atoms with Gasteiger partial charge in [0.15, 0.2) is 0 Å². The summed E-state index contributed by atoms with van der Waals surface area (Å²) in [5, 5.41) is 2.57. The van der Waals surface area contributed by atoms with Crippen molar-refractivity contribution in [3.63, 3.8) is 0 Å². The lowest BCUT2D eigenvalue weighted by Gasteiger charge is -2.08. The molecule has 1 aliphatic carbocycles. The molecule has 0 bridgehead atoms. The molecule has 1 aliphatic rings. The standard InChI is InChI=1S/C13H17NO3/c1-16-13(15)14-7-8-17-12-6-5-10-3-2-4-11(10)9-12/h5-6,9H,2-4,7-8H2,1H3,(H,14,15). The van der Waals surface area contributed by atoms with Crippen molar-refractivity contribution in [2.45, 2.75) is 19.3 Å². The number of methoxy groups -OCH3 is 1. The van der Waals surface area contributed by atoms with E-state index in [1.807, 2.05) is 6.07 Å². The number of carbonyl (C=O) groups is 1. The molecule has 92 valence electrons. The molecule has 0 unspecified atom stereocenters. The Bertz CT molecular complexity index is 404. The molecule has 1 N–H and O–H groups in total. The van der Waals surface area contributed by atoms with Gasteiger partial charge in [-0.25, -0.2) is 4.79 Å². The van der Waals surface area contributed by atoms with Crippen LogP contribution >= 0.6 is 0 Å². The fourth-order valence-corrected chi connectivity index (χ4v) is 2.03. The molecule has 0 heterocycles. The fourth-order valence-electron chi connectivity index (χ4n) is 2.03. The quantitative estimate of drug-likeness (QED) is 0.811. The summed E-state index contributed by atoms with van der Waals surface area (Å²) in [6.07, 6.45) is 3.14. The van der Waals surface area contributed by atoms with Gasteiger partial charge in [-0.1, -0.05) is 6.07 Å². The summed E-state index contributed by atoms with van der Waals surface area (Å²) in [5.74, 6) is 0.873. The van der Waals surface area contributed by atoms with Crippen LogP contribution in [0.5, 0.6) is 5.75 Å². The van der Waals surface area contributed by atoms with Gasteiger partial charge in [-0.15, -0.1) is 0 Å². The monoisotopic (exact) mass is 235 g/mol. The van der Waals surface area contributed by atoms with Crippen LogP contribution in [-0.4, -0.2) is 26.4 Å². The van der Waals surface area contributed by atoms with Crippen LogP contribution in [0.4, 0.5) is 4.79 Å². The first kappa shape index (κ1) is 11.8. The Balaban J connectivity index is 1.78. The number of amides is 1. The maximum Gasteiger partial charge on any atom is 0.406 e. The number of alkyl carbamates (subject to hydrolysis) is 1. The van der Waals surface area contributed by atoms with E-state index in [9.17, 15) is 4.79 Å². The second-order valence-electron chi connectivity index (χ2n) is 4.05. The summed E-state index contributed by atoms with van der Waals surface area (Å²) < 4.78 is 10.0. The maximum atomic E-state index is 10.8. The SMILES string of the molecule is COC(=O)NCCOc1ccc2c(c1)CCC2. The molecule has 0 aromatic heterocycles. The lowest BCUT2D eigenvalue weighted by molar-refractivity contribution is 0.168. The predicted octanol–water partition coefficient (Wildman–Crippen LogP) is 1.91. The van der Waals surface area contributed by atoms with Gasteiger partial charge in [0.05, 0.1) is 13.7 Å². The predicted molar refractivity (Wildman–Crippen MR) is 64.4 cm³/mol. The van der Waals surface area contributed by atoms with Crippen molar-refractivity contribution in [3.05, 3.63) is 29.3 Å². The van der Waals surface area contributed by atoms with E-state index in [4.69, 9.17) is 4.74 Å². The van der Waals surface area contributed by atoms with E-state index >= 15 is 0 Å². The smallest absolute Gasteiger partial charge is 0.406 e. The maximum absolute atomic E-state index is 10.8. The lowest BCUT2D eigenvalue weighted by Crippen LogP contribution is -2.27. The van der Waals surface area contributed by atoms with E-state index in [2.05, 4.69) is 22.2 Å². The number of fused-ring (bicyclic) bond motifs is 1. The van der Waals surface area contributed by atoms with Crippen molar-refractivity contribution in [2.75, 3.05) is 20.3 Å². The third-order valence-electron chi connectivity index (χ3n) is 2.90. The second kappa shape index (κ2) is 5.57. The van der Waals surface area contributed by atoms with Crippen molar-refractivity contribution in [1.82, 2.24) is 5.32 Å². The second-order valence-corrected chi connectivity index (χ2v) is 4.05. The molecule has 0 aliphatic heterocycles. The number of nitrogens with one attached hydrogen (secondary N) is 1. The van der Waals surface area contributed by atoms with Crippen LogP contribution in [0.3, 0.4) is 0 Å². The van der Waals surface area contributed by atoms with Crippen LogP contribution < -0.4 is 10.1 Å². The zero-order valence-electron chi connectivity index (χ0n) is 9.99. The van der Waals surface area contributed by atoms with Crippen LogP contribution in [0.25, 0.3) is 0 Å². The van der Waals surface area contributed by atoms with Gasteiger partial charge in [-0.2, -0.15) is 0 Å². The summed E-state index contributed by atoms with van der Waals surface area (Å²) in [5.41, 5.74) is 2.83. The molecule has 2 rings (SSSR count).